The number of hydrogen-bond acceptors (Lipinski definition) is 5. The molecular weight excluding hydrogens is 308 g/mol. The fourth-order valence-corrected chi connectivity index (χ4v) is 2.28. The van der Waals surface area contributed by atoms with Crippen LogP contribution in [0.15, 0.2) is 36.4 Å². The van der Waals surface area contributed by atoms with Crippen molar-refractivity contribution in [1.82, 2.24) is 0 Å². The molecule has 0 saturated carbocycles. The Morgan fingerprint density at radius 3 is 2.25 bits per heavy atom. The highest BCUT2D eigenvalue weighted by atomic mass is 16.6. The number of rotatable bonds is 6. The predicted molar refractivity (Wildman–Crippen MR) is 90.0 cm³/mol. The molecule has 0 heterocycles. The Morgan fingerprint density at radius 1 is 1.00 bits per heavy atom. The van der Waals surface area contributed by atoms with E-state index >= 15 is 0 Å². The number of carbonyl (C=O) groups is 2. The van der Waals surface area contributed by atoms with Crippen molar-refractivity contribution < 1.29 is 23.8 Å². The second-order valence-corrected chi connectivity index (χ2v) is 5.41. The Kier molecular flexibility index (Phi) is 5.58. The Hall–Kier alpha value is -2.82. The largest absolute Gasteiger partial charge is 0.493 e. The number of methoxy groups -OCH3 is 1. The molecule has 5 nitrogen and oxygen atoms in total. The van der Waals surface area contributed by atoms with Gasteiger partial charge in [0.25, 0.3) is 0 Å². The molecule has 0 aliphatic heterocycles. The number of carbonyl (C=O) groups excluding carboxylic acids is 2. The molecule has 126 valence electrons. The van der Waals surface area contributed by atoms with Crippen molar-refractivity contribution in [3.8, 4) is 17.2 Å². The lowest BCUT2D eigenvalue weighted by molar-refractivity contribution is -0.136. The van der Waals surface area contributed by atoms with Crippen molar-refractivity contribution in [2.24, 2.45) is 0 Å². The molecule has 2 aromatic rings. The van der Waals surface area contributed by atoms with Gasteiger partial charge in [0.1, 0.15) is 5.75 Å². The molecule has 0 aliphatic carbocycles. The first kappa shape index (κ1) is 17.5. The van der Waals surface area contributed by atoms with E-state index in [1.165, 1.54) is 26.2 Å². The Bertz CT molecular complexity index is 744. The van der Waals surface area contributed by atoms with Gasteiger partial charge in [-0.15, -0.1) is 0 Å². The van der Waals surface area contributed by atoms with Gasteiger partial charge in [-0.3, -0.25) is 4.79 Å². The molecule has 0 N–H and O–H groups in total. The van der Waals surface area contributed by atoms with Crippen molar-refractivity contribution in [2.75, 3.05) is 13.7 Å². The maximum absolute atomic E-state index is 12.0. The summed E-state index contributed by atoms with van der Waals surface area (Å²) in [5, 5.41) is 0. The lowest BCUT2D eigenvalue weighted by atomic mass is 10.1. The summed E-state index contributed by atoms with van der Waals surface area (Å²) in [6.07, 6.45) is 0. The van der Waals surface area contributed by atoms with Crippen molar-refractivity contribution in [3.63, 3.8) is 0 Å². The van der Waals surface area contributed by atoms with Crippen molar-refractivity contribution in [2.45, 2.75) is 20.8 Å². The van der Waals surface area contributed by atoms with Crippen molar-refractivity contribution in [3.05, 3.63) is 53.1 Å². The molecule has 2 rings (SSSR count). The lowest BCUT2D eigenvalue weighted by Crippen LogP contribution is -2.18. The van der Waals surface area contributed by atoms with Gasteiger partial charge in [0.2, 0.25) is 0 Å². The van der Waals surface area contributed by atoms with Crippen LogP contribution in [0.2, 0.25) is 0 Å². The monoisotopic (exact) mass is 328 g/mol. The van der Waals surface area contributed by atoms with E-state index in [9.17, 15) is 9.59 Å². The first-order valence-electron chi connectivity index (χ1n) is 7.51. The standard InChI is InChI=1S/C19H20O5/c1-12-6-5-7-13(2)19(12)23-11-18(21)24-16-9-8-15(14(3)20)10-17(16)22-4/h5-10H,11H2,1-4H3. The van der Waals surface area contributed by atoms with Gasteiger partial charge in [-0.2, -0.15) is 0 Å². The van der Waals surface area contributed by atoms with Gasteiger partial charge < -0.3 is 14.2 Å². The highest BCUT2D eigenvalue weighted by Gasteiger charge is 2.14. The summed E-state index contributed by atoms with van der Waals surface area (Å²) in [5.74, 6) is 0.602. The number of aryl methyl sites for hydroxylation is 2. The molecule has 5 heteroatoms. The first-order valence-corrected chi connectivity index (χ1v) is 7.51. The number of esters is 1. The molecule has 0 saturated heterocycles. The molecule has 0 unspecified atom stereocenters. The summed E-state index contributed by atoms with van der Waals surface area (Å²) in [6.45, 7) is 5.07. The fraction of sp³-hybridized carbons (Fsp3) is 0.263. The number of ether oxygens (including phenoxy) is 3. The van der Waals surface area contributed by atoms with Gasteiger partial charge in [-0.05, 0) is 50.1 Å². The number of benzene rings is 2. The highest BCUT2D eigenvalue weighted by molar-refractivity contribution is 5.94. The zero-order valence-electron chi connectivity index (χ0n) is 14.2. The Labute approximate surface area is 141 Å². The Morgan fingerprint density at radius 2 is 1.67 bits per heavy atom. The molecule has 0 atom stereocenters. The van der Waals surface area contributed by atoms with Crippen molar-refractivity contribution in [1.29, 1.82) is 0 Å². The summed E-state index contributed by atoms with van der Waals surface area (Å²) in [4.78, 5) is 23.4. The maximum Gasteiger partial charge on any atom is 0.349 e. The third-order valence-electron chi connectivity index (χ3n) is 3.54. The first-order chi connectivity index (χ1) is 11.4. The maximum atomic E-state index is 12.0. The third kappa shape index (κ3) is 4.13. The molecule has 0 amide bonds. The van der Waals surface area contributed by atoms with Crippen LogP contribution < -0.4 is 14.2 Å². The molecule has 0 aromatic heterocycles. The molecule has 0 bridgehead atoms. The van der Waals surface area contributed by atoms with E-state index in [1.54, 1.807) is 6.07 Å². The molecular formula is C19H20O5. The number of hydrogen-bond donors (Lipinski definition) is 0. The third-order valence-corrected chi connectivity index (χ3v) is 3.54. The Balaban J connectivity index is 2.06. The van der Waals surface area contributed by atoms with E-state index in [0.29, 0.717) is 17.1 Å². The van der Waals surface area contributed by atoms with Crippen LogP contribution in [0.5, 0.6) is 17.2 Å². The van der Waals surface area contributed by atoms with E-state index in [1.807, 2.05) is 32.0 Å². The summed E-state index contributed by atoms with van der Waals surface area (Å²) < 4.78 is 16.0. The van der Waals surface area contributed by atoms with E-state index in [-0.39, 0.29) is 18.1 Å². The summed E-state index contributed by atoms with van der Waals surface area (Å²) in [6, 6.07) is 10.4. The van der Waals surface area contributed by atoms with Crippen LogP contribution in [0.25, 0.3) is 0 Å². The minimum absolute atomic E-state index is 0.0930. The molecule has 0 aliphatic rings. The SMILES string of the molecule is COc1cc(C(C)=O)ccc1OC(=O)COc1c(C)cccc1C. The quantitative estimate of drug-likeness (QED) is 0.461. The predicted octanol–water partition coefficient (Wildman–Crippen LogP) is 3.50. The van der Waals surface area contributed by atoms with Crippen LogP contribution in [0.3, 0.4) is 0 Å². The van der Waals surface area contributed by atoms with Crippen molar-refractivity contribution >= 4 is 11.8 Å². The minimum atomic E-state index is -0.550. The molecule has 2 aromatic carbocycles. The lowest BCUT2D eigenvalue weighted by Gasteiger charge is -2.13. The number of para-hydroxylation sites is 1. The summed E-state index contributed by atoms with van der Waals surface area (Å²) in [5.41, 5.74) is 2.39. The molecule has 0 radical (unpaired) electrons. The van der Waals surface area contributed by atoms with E-state index in [4.69, 9.17) is 14.2 Å². The number of Topliss-reactive ketones (excluding diaryl/α,β-unsaturated/α-hetero) is 1. The van der Waals surface area contributed by atoms with Gasteiger partial charge in [0.15, 0.2) is 23.9 Å². The zero-order valence-corrected chi connectivity index (χ0v) is 14.2. The van der Waals surface area contributed by atoms with Gasteiger partial charge in [0, 0.05) is 5.56 Å². The normalized spacial score (nSPS) is 10.2. The van der Waals surface area contributed by atoms with Crippen LogP contribution in [0.4, 0.5) is 0 Å². The van der Waals surface area contributed by atoms with E-state index in [2.05, 4.69) is 0 Å². The van der Waals surface area contributed by atoms with Crippen LogP contribution >= 0.6 is 0 Å². The van der Waals surface area contributed by atoms with E-state index in [0.717, 1.165) is 11.1 Å². The van der Waals surface area contributed by atoms with Gasteiger partial charge >= 0.3 is 5.97 Å². The smallest absolute Gasteiger partial charge is 0.349 e. The second kappa shape index (κ2) is 7.64. The average molecular weight is 328 g/mol. The summed E-state index contributed by atoms with van der Waals surface area (Å²) >= 11 is 0. The van der Waals surface area contributed by atoms with Crippen LogP contribution in [0.1, 0.15) is 28.4 Å². The van der Waals surface area contributed by atoms with Crippen LogP contribution in [-0.2, 0) is 4.79 Å². The average Bonchev–Trinajstić information content (AvgIpc) is 2.54. The minimum Gasteiger partial charge on any atom is -0.493 e. The summed E-state index contributed by atoms with van der Waals surface area (Å²) in [7, 11) is 1.45. The van der Waals surface area contributed by atoms with Crippen LogP contribution in [-0.4, -0.2) is 25.5 Å². The van der Waals surface area contributed by atoms with Gasteiger partial charge in [0.05, 0.1) is 7.11 Å². The topological polar surface area (TPSA) is 61.8 Å². The molecule has 0 spiro atoms. The highest BCUT2D eigenvalue weighted by Crippen LogP contribution is 2.28. The number of ketones is 1. The second-order valence-electron chi connectivity index (χ2n) is 5.41. The van der Waals surface area contributed by atoms with E-state index < -0.39 is 5.97 Å². The van der Waals surface area contributed by atoms with Crippen LogP contribution in [0, 0.1) is 13.8 Å². The van der Waals surface area contributed by atoms with Gasteiger partial charge in [-0.25, -0.2) is 4.79 Å². The zero-order chi connectivity index (χ0) is 17.7. The fourth-order valence-electron chi connectivity index (χ4n) is 2.28. The molecule has 0 fully saturated rings. The van der Waals surface area contributed by atoms with Gasteiger partial charge in [-0.1, -0.05) is 18.2 Å². The molecule has 24 heavy (non-hydrogen) atoms.